The van der Waals surface area contributed by atoms with Crippen LogP contribution in [-0.4, -0.2) is 21.1 Å². The first-order chi connectivity index (χ1) is 5.41. The van der Waals surface area contributed by atoms with Gasteiger partial charge in [0.25, 0.3) is 0 Å². The molecule has 2 N–H and O–H groups in total. The smallest absolute Gasteiger partial charge is 0.185 e. The van der Waals surface area contributed by atoms with Crippen LogP contribution in [0.2, 0.25) is 0 Å². The van der Waals surface area contributed by atoms with Crippen LogP contribution in [0.1, 0.15) is 24.2 Å². The van der Waals surface area contributed by atoms with Crippen molar-refractivity contribution in [2.24, 2.45) is 12.8 Å². The number of hydrogen-bond acceptors (Lipinski definition) is 3. The van der Waals surface area contributed by atoms with Crippen molar-refractivity contribution in [3.8, 4) is 0 Å². The highest BCUT2D eigenvalue weighted by atomic mass is 16.1. The number of ketones is 1. The van der Waals surface area contributed by atoms with E-state index in [0.29, 0.717) is 5.56 Å². The molecule has 1 aromatic heterocycles. The van der Waals surface area contributed by atoms with E-state index in [-0.39, 0.29) is 5.78 Å². The second-order valence-electron chi connectivity index (χ2n) is 3.45. The molecule has 0 aromatic carbocycles. The topological polar surface area (TPSA) is 60.9 Å². The van der Waals surface area contributed by atoms with E-state index < -0.39 is 5.54 Å². The first-order valence-electron chi connectivity index (χ1n) is 3.73. The van der Waals surface area contributed by atoms with Gasteiger partial charge in [-0.25, -0.2) is 0 Å². The first-order valence-corrected chi connectivity index (χ1v) is 3.73. The monoisotopic (exact) mass is 167 g/mol. The largest absolute Gasteiger partial charge is 0.319 e. The predicted molar refractivity (Wildman–Crippen MR) is 45.8 cm³/mol. The van der Waals surface area contributed by atoms with Crippen molar-refractivity contribution in [1.82, 2.24) is 9.78 Å². The highest BCUT2D eigenvalue weighted by Gasteiger charge is 2.24. The molecule has 4 nitrogen and oxygen atoms in total. The molecule has 0 unspecified atom stereocenters. The van der Waals surface area contributed by atoms with Crippen molar-refractivity contribution in [2.75, 3.05) is 0 Å². The van der Waals surface area contributed by atoms with Gasteiger partial charge in [-0.1, -0.05) is 0 Å². The Bertz CT molecular complexity index is 295. The minimum atomic E-state index is -0.816. The molecule has 0 fully saturated rings. The normalized spacial score (nSPS) is 11.7. The zero-order chi connectivity index (χ0) is 9.35. The third-order valence-corrected chi connectivity index (χ3v) is 1.55. The number of nitrogens with zero attached hydrogens (tertiary/aromatic N) is 2. The van der Waals surface area contributed by atoms with E-state index in [2.05, 4.69) is 5.10 Å². The molecule has 0 amide bonds. The van der Waals surface area contributed by atoms with Gasteiger partial charge in [-0.15, -0.1) is 0 Å². The van der Waals surface area contributed by atoms with E-state index in [1.54, 1.807) is 31.8 Å². The zero-order valence-corrected chi connectivity index (χ0v) is 7.53. The van der Waals surface area contributed by atoms with Crippen molar-refractivity contribution in [3.63, 3.8) is 0 Å². The third-order valence-electron chi connectivity index (χ3n) is 1.55. The lowest BCUT2D eigenvalue weighted by atomic mass is 9.97. The molecule has 12 heavy (non-hydrogen) atoms. The molecular formula is C8H13N3O. The van der Waals surface area contributed by atoms with Crippen LogP contribution in [0.4, 0.5) is 0 Å². The third kappa shape index (κ3) is 1.71. The number of Topliss-reactive ketones (excluding diaryl/α,β-unsaturated/α-hetero) is 1. The summed E-state index contributed by atoms with van der Waals surface area (Å²) in [4.78, 5) is 11.5. The number of carbonyl (C=O) groups excluding carboxylic acids is 1. The molecule has 0 atom stereocenters. The molecule has 0 aliphatic heterocycles. The molecule has 1 heterocycles. The molecule has 0 aliphatic carbocycles. The van der Waals surface area contributed by atoms with Gasteiger partial charge in [0.2, 0.25) is 0 Å². The van der Waals surface area contributed by atoms with Crippen molar-refractivity contribution >= 4 is 5.78 Å². The van der Waals surface area contributed by atoms with Gasteiger partial charge < -0.3 is 5.73 Å². The van der Waals surface area contributed by atoms with Gasteiger partial charge in [0.05, 0.1) is 17.3 Å². The fourth-order valence-electron chi connectivity index (χ4n) is 0.910. The molecule has 0 radical (unpaired) electrons. The number of aromatic nitrogens is 2. The molecule has 1 aromatic rings. The van der Waals surface area contributed by atoms with Crippen LogP contribution in [0, 0.1) is 0 Å². The zero-order valence-electron chi connectivity index (χ0n) is 7.53. The average Bonchev–Trinajstić information content (AvgIpc) is 2.32. The van der Waals surface area contributed by atoms with E-state index in [1.807, 2.05) is 0 Å². The van der Waals surface area contributed by atoms with Crippen LogP contribution in [0.5, 0.6) is 0 Å². The molecule has 0 saturated carbocycles. The van der Waals surface area contributed by atoms with Crippen LogP contribution in [0.3, 0.4) is 0 Å². The Labute approximate surface area is 71.4 Å². The average molecular weight is 167 g/mol. The standard InChI is InChI=1S/C8H13N3O/c1-8(2,9)7(12)6-4-10-11(3)5-6/h4-5H,9H2,1-3H3. The second-order valence-corrected chi connectivity index (χ2v) is 3.45. The van der Waals surface area contributed by atoms with Crippen molar-refractivity contribution < 1.29 is 4.79 Å². The molecular weight excluding hydrogens is 154 g/mol. The van der Waals surface area contributed by atoms with Crippen LogP contribution in [0.25, 0.3) is 0 Å². The molecule has 1 rings (SSSR count). The number of hydrogen-bond donors (Lipinski definition) is 1. The van der Waals surface area contributed by atoms with E-state index in [4.69, 9.17) is 5.73 Å². The number of aryl methyl sites for hydroxylation is 1. The molecule has 0 aliphatic rings. The lowest BCUT2D eigenvalue weighted by Crippen LogP contribution is -2.41. The highest BCUT2D eigenvalue weighted by molar-refractivity contribution is 6.02. The Morgan fingerprint density at radius 2 is 2.25 bits per heavy atom. The highest BCUT2D eigenvalue weighted by Crippen LogP contribution is 2.08. The van der Waals surface area contributed by atoms with Gasteiger partial charge in [0.15, 0.2) is 5.78 Å². The molecule has 0 bridgehead atoms. The van der Waals surface area contributed by atoms with E-state index >= 15 is 0 Å². The maximum absolute atomic E-state index is 11.5. The Morgan fingerprint density at radius 3 is 2.58 bits per heavy atom. The summed E-state index contributed by atoms with van der Waals surface area (Å²) in [5, 5.41) is 3.89. The number of rotatable bonds is 2. The van der Waals surface area contributed by atoms with Crippen LogP contribution < -0.4 is 5.73 Å². The second kappa shape index (κ2) is 2.71. The van der Waals surface area contributed by atoms with Crippen molar-refractivity contribution in [2.45, 2.75) is 19.4 Å². The van der Waals surface area contributed by atoms with Crippen molar-refractivity contribution in [1.29, 1.82) is 0 Å². The fraction of sp³-hybridized carbons (Fsp3) is 0.500. The van der Waals surface area contributed by atoms with Gasteiger partial charge in [-0.05, 0) is 13.8 Å². The predicted octanol–water partition coefficient (Wildman–Crippen LogP) is 0.340. The summed E-state index contributed by atoms with van der Waals surface area (Å²) in [6.45, 7) is 3.37. The van der Waals surface area contributed by atoms with Crippen LogP contribution >= 0.6 is 0 Å². The molecule has 4 heteroatoms. The summed E-state index contributed by atoms with van der Waals surface area (Å²) in [6.07, 6.45) is 3.19. The van der Waals surface area contributed by atoms with E-state index in [1.165, 1.54) is 6.20 Å². The van der Waals surface area contributed by atoms with Gasteiger partial charge in [-0.3, -0.25) is 9.48 Å². The molecule has 0 saturated heterocycles. The summed E-state index contributed by atoms with van der Waals surface area (Å²) in [5.41, 5.74) is 5.38. The summed E-state index contributed by atoms with van der Waals surface area (Å²) >= 11 is 0. The van der Waals surface area contributed by atoms with Gasteiger partial charge in [0, 0.05) is 13.2 Å². The summed E-state index contributed by atoms with van der Waals surface area (Å²) in [7, 11) is 1.76. The lowest BCUT2D eigenvalue weighted by molar-refractivity contribution is 0.0913. The molecule has 66 valence electrons. The Hall–Kier alpha value is -1.16. The quantitative estimate of drug-likeness (QED) is 0.646. The van der Waals surface area contributed by atoms with Gasteiger partial charge in [0.1, 0.15) is 0 Å². The maximum Gasteiger partial charge on any atom is 0.185 e. The maximum atomic E-state index is 11.5. The summed E-state index contributed by atoms with van der Waals surface area (Å²) < 4.78 is 1.58. The minimum absolute atomic E-state index is 0.0874. The summed E-state index contributed by atoms with van der Waals surface area (Å²) in [6, 6.07) is 0. The lowest BCUT2D eigenvalue weighted by Gasteiger charge is -2.14. The fourth-order valence-corrected chi connectivity index (χ4v) is 0.910. The van der Waals surface area contributed by atoms with E-state index in [0.717, 1.165) is 0 Å². The van der Waals surface area contributed by atoms with E-state index in [9.17, 15) is 4.79 Å². The molecule has 0 spiro atoms. The Morgan fingerprint density at radius 1 is 1.67 bits per heavy atom. The van der Waals surface area contributed by atoms with Crippen molar-refractivity contribution in [3.05, 3.63) is 18.0 Å². The Kier molecular flexibility index (Phi) is 2.02. The number of carbonyl (C=O) groups is 1. The van der Waals surface area contributed by atoms with Crippen LogP contribution in [-0.2, 0) is 7.05 Å². The van der Waals surface area contributed by atoms with Crippen LogP contribution in [0.15, 0.2) is 12.4 Å². The minimum Gasteiger partial charge on any atom is -0.319 e. The Balaban J connectivity index is 2.93. The first kappa shape index (κ1) is 8.93. The van der Waals surface area contributed by atoms with Gasteiger partial charge in [-0.2, -0.15) is 5.10 Å². The van der Waals surface area contributed by atoms with Gasteiger partial charge >= 0.3 is 0 Å². The number of nitrogens with two attached hydrogens (primary N) is 1. The summed E-state index contributed by atoms with van der Waals surface area (Å²) in [5.74, 6) is -0.0874. The SMILES string of the molecule is Cn1cc(C(=O)C(C)(C)N)cn1.